The molecule has 0 bridgehead atoms. The van der Waals surface area contributed by atoms with Gasteiger partial charge in [0, 0.05) is 0 Å². The van der Waals surface area contributed by atoms with Gasteiger partial charge in [-0.1, -0.05) is 69.2 Å². The van der Waals surface area contributed by atoms with Gasteiger partial charge in [-0.15, -0.1) is 0 Å². The Labute approximate surface area is 134 Å². The van der Waals surface area contributed by atoms with Crippen molar-refractivity contribution in [3.05, 3.63) is 0 Å². The molecule has 0 spiro atoms. The normalized spacial score (nSPS) is 53.6. The van der Waals surface area contributed by atoms with Crippen LogP contribution in [0.25, 0.3) is 0 Å². The standard InChI is InChI=1S/C21H40/c1-12(2)19-16(6)14(4)15(5)17(7)20(8,9)21(10)13(3)11-18(19)21/h12-19H,11H2,1-10H3. The smallest absolute Gasteiger partial charge is 0.0215 e. The second-order valence-electron chi connectivity index (χ2n) is 9.94. The lowest BCUT2D eigenvalue weighted by molar-refractivity contribution is -0.208. The number of hydrogen-bond donors (Lipinski definition) is 0. The summed E-state index contributed by atoms with van der Waals surface area (Å²) in [6.45, 7) is 25.4. The SMILES string of the molecule is CC(C)C1C(C)C(C)C(C)C(C)C(C)(C)C2(C)C(C)CC12. The zero-order chi connectivity index (χ0) is 16.3. The van der Waals surface area contributed by atoms with Crippen molar-refractivity contribution >= 4 is 0 Å². The van der Waals surface area contributed by atoms with Crippen molar-refractivity contribution in [2.45, 2.75) is 75.7 Å². The van der Waals surface area contributed by atoms with Crippen molar-refractivity contribution in [1.82, 2.24) is 0 Å². The predicted octanol–water partition coefficient (Wildman–Crippen LogP) is 6.51. The molecule has 0 heteroatoms. The van der Waals surface area contributed by atoms with Crippen molar-refractivity contribution < 1.29 is 0 Å². The van der Waals surface area contributed by atoms with Gasteiger partial charge in [-0.25, -0.2) is 0 Å². The monoisotopic (exact) mass is 292 g/mol. The van der Waals surface area contributed by atoms with Gasteiger partial charge in [0.1, 0.15) is 0 Å². The average molecular weight is 293 g/mol. The van der Waals surface area contributed by atoms with Gasteiger partial charge in [0.2, 0.25) is 0 Å². The van der Waals surface area contributed by atoms with Gasteiger partial charge in [0.05, 0.1) is 0 Å². The van der Waals surface area contributed by atoms with Crippen LogP contribution in [0, 0.1) is 58.2 Å². The molecule has 0 amide bonds. The first-order chi connectivity index (χ1) is 9.47. The van der Waals surface area contributed by atoms with Crippen molar-refractivity contribution in [1.29, 1.82) is 0 Å². The topological polar surface area (TPSA) is 0 Å². The first-order valence-electron chi connectivity index (χ1n) is 9.47. The summed E-state index contributed by atoms with van der Waals surface area (Å²) >= 11 is 0. The minimum absolute atomic E-state index is 0.441. The van der Waals surface area contributed by atoms with E-state index in [1.165, 1.54) is 6.42 Å². The summed E-state index contributed by atoms with van der Waals surface area (Å²) < 4.78 is 0. The van der Waals surface area contributed by atoms with Crippen molar-refractivity contribution in [2.24, 2.45) is 58.2 Å². The summed E-state index contributed by atoms with van der Waals surface area (Å²) in [5, 5.41) is 0. The Balaban J connectivity index is 2.53. The highest BCUT2D eigenvalue weighted by Gasteiger charge is 2.63. The van der Waals surface area contributed by atoms with Gasteiger partial charge in [-0.05, 0) is 64.6 Å². The van der Waals surface area contributed by atoms with Crippen LogP contribution in [-0.2, 0) is 0 Å². The third-order valence-electron chi connectivity index (χ3n) is 9.22. The molecular weight excluding hydrogens is 252 g/mol. The molecule has 2 aliphatic carbocycles. The highest BCUT2D eigenvalue weighted by Crippen LogP contribution is 2.69. The molecule has 124 valence electrons. The Kier molecular flexibility index (Phi) is 4.36. The maximum absolute atomic E-state index is 2.63. The molecule has 8 atom stereocenters. The minimum Gasteiger partial charge on any atom is -0.0625 e. The third kappa shape index (κ3) is 2.14. The largest absolute Gasteiger partial charge is 0.0625 e. The molecule has 0 aromatic rings. The first-order valence-corrected chi connectivity index (χ1v) is 9.47. The van der Waals surface area contributed by atoms with E-state index in [0.29, 0.717) is 10.8 Å². The van der Waals surface area contributed by atoms with Crippen LogP contribution in [0.2, 0.25) is 0 Å². The summed E-state index contributed by atoms with van der Waals surface area (Å²) in [6.07, 6.45) is 1.46. The van der Waals surface area contributed by atoms with Crippen LogP contribution in [0.4, 0.5) is 0 Å². The van der Waals surface area contributed by atoms with E-state index in [0.717, 1.165) is 47.3 Å². The molecule has 2 fully saturated rings. The van der Waals surface area contributed by atoms with Crippen LogP contribution in [0.15, 0.2) is 0 Å². The van der Waals surface area contributed by atoms with Gasteiger partial charge in [0.15, 0.2) is 0 Å². The van der Waals surface area contributed by atoms with Crippen LogP contribution in [0.3, 0.4) is 0 Å². The molecule has 2 saturated carbocycles. The average Bonchev–Trinajstić information content (AvgIpc) is 2.41. The molecular formula is C21H40. The zero-order valence-corrected chi connectivity index (χ0v) is 16.3. The Morgan fingerprint density at radius 3 is 1.76 bits per heavy atom. The molecule has 2 aliphatic rings. The fourth-order valence-corrected chi connectivity index (χ4v) is 6.62. The van der Waals surface area contributed by atoms with E-state index >= 15 is 0 Å². The second kappa shape index (κ2) is 5.27. The van der Waals surface area contributed by atoms with Gasteiger partial charge in [-0.2, -0.15) is 0 Å². The molecule has 2 rings (SSSR count). The second-order valence-corrected chi connectivity index (χ2v) is 9.94. The lowest BCUT2D eigenvalue weighted by atomic mass is 9.36. The van der Waals surface area contributed by atoms with E-state index in [2.05, 4.69) is 69.2 Å². The molecule has 0 N–H and O–H groups in total. The van der Waals surface area contributed by atoms with Gasteiger partial charge in [0.25, 0.3) is 0 Å². The number of rotatable bonds is 1. The van der Waals surface area contributed by atoms with Crippen molar-refractivity contribution in [3.8, 4) is 0 Å². The zero-order valence-electron chi connectivity index (χ0n) is 16.3. The minimum atomic E-state index is 0.441. The first kappa shape index (κ1) is 17.4. The maximum Gasteiger partial charge on any atom is -0.0215 e. The summed E-state index contributed by atoms with van der Waals surface area (Å²) in [5.41, 5.74) is 0.959. The predicted molar refractivity (Wildman–Crippen MR) is 94.1 cm³/mol. The van der Waals surface area contributed by atoms with E-state index in [1.54, 1.807) is 0 Å². The third-order valence-corrected chi connectivity index (χ3v) is 9.22. The van der Waals surface area contributed by atoms with Crippen LogP contribution in [0.5, 0.6) is 0 Å². The van der Waals surface area contributed by atoms with E-state index < -0.39 is 0 Å². The summed E-state index contributed by atoms with van der Waals surface area (Å²) in [5.74, 6) is 6.85. The molecule has 0 saturated heterocycles. The summed E-state index contributed by atoms with van der Waals surface area (Å²) in [4.78, 5) is 0. The lowest BCUT2D eigenvalue weighted by Gasteiger charge is -2.69. The maximum atomic E-state index is 2.63. The fraction of sp³-hybridized carbons (Fsp3) is 1.00. The molecule has 0 aromatic carbocycles. The van der Waals surface area contributed by atoms with Crippen LogP contribution in [-0.4, -0.2) is 0 Å². The highest BCUT2D eigenvalue weighted by atomic mass is 14.7. The molecule has 0 nitrogen and oxygen atoms in total. The molecule has 0 aliphatic heterocycles. The Hall–Kier alpha value is 0. The van der Waals surface area contributed by atoms with Crippen LogP contribution in [0.1, 0.15) is 75.7 Å². The van der Waals surface area contributed by atoms with Gasteiger partial charge >= 0.3 is 0 Å². The molecule has 8 unspecified atom stereocenters. The van der Waals surface area contributed by atoms with E-state index in [-0.39, 0.29) is 0 Å². The quantitative estimate of drug-likeness (QED) is 0.517. The summed E-state index contributed by atoms with van der Waals surface area (Å²) in [6, 6.07) is 0. The summed E-state index contributed by atoms with van der Waals surface area (Å²) in [7, 11) is 0. The lowest BCUT2D eigenvalue weighted by Crippen LogP contribution is -2.63. The van der Waals surface area contributed by atoms with Gasteiger partial charge < -0.3 is 0 Å². The van der Waals surface area contributed by atoms with Crippen LogP contribution < -0.4 is 0 Å². The highest BCUT2D eigenvalue weighted by molar-refractivity contribution is 5.11. The Morgan fingerprint density at radius 1 is 0.810 bits per heavy atom. The van der Waals surface area contributed by atoms with E-state index in [4.69, 9.17) is 0 Å². The fourth-order valence-electron chi connectivity index (χ4n) is 6.62. The molecule has 0 aromatic heterocycles. The molecule has 21 heavy (non-hydrogen) atoms. The van der Waals surface area contributed by atoms with E-state index in [1.807, 2.05) is 0 Å². The Morgan fingerprint density at radius 2 is 1.33 bits per heavy atom. The van der Waals surface area contributed by atoms with Crippen molar-refractivity contribution in [3.63, 3.8) is 0 Å². The van der Waals surface area contributed by atoms with Gasteiger partial charge in [-0.3, -0.25) is 0 Å². The van der Waals surface area contributed by atoms with Crippen molar-refractivity contribution in [2.75, 3.05) is 0 Å². The number of hydrogen-bond acceptors (Lipinski definition) is 0. The Bertz CT molecular complexity index is 379. The number of fused-ring (bicyclic) bond motifs is 1. The van der Waals surface area contributed by atoms with Crippen LogP contribution >= 0.6 is 0 Å². The molecule has 0 radical (unpaired) electrons. The molecule has 0 heterocycles. The van der Waals surface area contributed by atoms with E-state index in [9.17, 15) is 0 Å².